The van der Waals surface area contributed by atoms with Crippen LogP contribution in [-0.4, -0.2) is 24.7 Å². The van der Waals surface area contributed by atoms with Crippen molar-refractivity contribution in [3.8, 4) is 5.75 Å². The Kier molecular flexibility index (Phi) is 4.13. The number of hydrogen-bond donors (Lipinski definition) is 0. The van der Waals surface area contributed by atoms with Gasteiger partial charge in [-0.2, -0.15) is 8.78 Å². The highest BCUT2D eigenvalue weighted by Gasteiger charge is 2.59. The van der Waals surface area contributed by atoms with Crippen LogP contribution in [0.1, 0.15) is 32.1 Å². The van der Waals surface area contributed by atoms with Crippen molar-refractivity contribution in [2.45, 2.75) is 37.0 Å². The molecule has 0 amide bonds. The Morgan fingerprint density at radius 2 is 1.46 bits per heavy atom. The van der Waals surface area contributed by atoms with Crippen molar-refractivity contribution in [2.24, 2.45) is 23.2 Å². The smallest absolute Gasteiger partial charge is 0.317 e. The van der Waals surface area contributed by atoms with Gasteiger partial charge in [-0.25, -0.2) is 17.2 Å². The van der Waals surface area contributed by atoms with E-state index >= 15 is 0 Å². The molecule has 0 spiro atoms. The molecular formula is C17H13F4O6S-. The van der Waals surface area contributed by atoms with Gasteiger partial charge >= 0.3 is 5.97 Å². The molecule has 4 saturated carbocycles. The van der Waals surface area contributed by atoms with Gasteiger partial charge in [0.25, 0.3) is 0 Å². The van der Waals surface area contributed by atoms with Gasteiger partial charge in [0.2, 0.25) is 17.4 Å². The minimum atomic E-state index is -5.86. The van der Waals surface area contributed by atoms with Crippen LogP contribution in [0.5, 0.6) is 5.75 Å². The summed E-state index contributed by atoms with van der Waals surface area (Å²) in [5, 5.41) is 0. The molecule has 4 bridgehead atoms. The van der Waals surface area contributed by atoms with Crippen molar-refractivity contribution >= 4 is 21.9 Å². The summed E-state index contributed by atoms with van der Waals surface area (Å²) in [6.45, 7) is 0. The van der Waals surface area contributed by atoms with Crippen LogP contribution in [0.2, 0.25) is 0 Å². The third-order valence-electron chi connectivity index (χ3n) is 6.05. The van der Waals surface area contributed by atoms with Gasteiger partial charge in [-0.3, -0.25) is 9.59 Å². The highest BCUT2D eigenvalue weighted by molar-refractivity contribution is 7.85. The molecule has 4 aliphatic rings. The molecule has 6 nitrogen and oxygen atoms in total. The van der Waals surface area contributed by atoms with E-state index in [1.165, 1.54) is 0 Å². The number of hydrogen-bond acceptors (Lipinski definition) is 6. The maximum atomic E-state index is 14.1. The maximum absolute atomic E-state index is 14.1. The maximum Gasteiger partial charge on any atom is 0.317 e. The number of halogens is 4. The van der Waals surface area contributed by atoms with Gasteiger partial charge in [-0.05, 0) is 38.0 Å². The standard InChI is InChI=1S/C17H14F4O6S/c18-9-11(20)15(28(24,25)26)12(21)10(19)14(9)27-16(23)17-3-6-1-7(4-17)13(22)8(2-6)5-17/h6-8H,1-5H2,(H,24,25,26)/p-1. The predicted molar refractivity (Wildman–Crippen MR) is 80.9 cm³/mol. The number of carbonyl (C=O) groups excluding carboxylic acids is 2. The summed E-state index contributed by atoms with van der Waals surface area (Å²) in [7, 11) is -5.86. The first kappa shape index (κ1) is 19.3. The molecule has 28 heavy (non-hydrogen) atoms. The highest BCUT2D eigenvalue weighted by Crippen LogP contribution is 2.59. The molecule has 0 heterocycles. The summed E-state index contributed by atoms with van der Waals surface area (Å²) < 4.78 is 93.2. The fourth-order valence-electron chi connectivity index (χ4n) is 5.10. The average Bonchev–Trinajstić information content (AvgIpc) is 2.59. The molecule has 0 radical (unpaired) electrons. The summed E-state index contributed by atoms with van der Waals surface area (Å²) in [5.41, 5.74) is -1.19. The molecule has 152 valence electrons. The zero-order valence-corrected chi connectivity index (χ0v) is 15.0. The van der Waals surface area contributed by atoms with E-state index in [0.29, 0.717) is 19.3 Å². The van der Waals surface area contributed by atoms with Crippen LogP contribution in [-0.2, 0) is 19.7 Å². The van der Waals surface area contributed by atoms with Crippen LogP contribution in [0, 0.1) is 46.4 Å². The van der Waals surface area contributed by atoms with Crippen LogP contribution >= 0.6 is 0 Å². The molecule has 1 aromatic rings. The van der Waals surface area contributed by atoms with E-state index in [0.717, 1.165) is 0 Å². The van der Waals surface area contributed by atoms with Gasteiger partial charge < -0.3 is 9.29 Å². The lowest BCUT2D eigenvalue weighted by atomic mass is 9.49. The van der Waals surface area contributed by atoms with Gasteiger partial charge in [-0.1, -0.05) is 0 Å². The molecule has 0 saturated heterocycles. The normalized spacial score (nSPS) is 31.3. The molecule has 2 unspecified atom stereocenters. The van der Waals surface area contributed by atoms with Gasteiger partial charge in [0, 0.05) is 11.8 Å². The summed E-state index contributed by atoms with van der Waals surface area (Å²) in [6.07, 6.45) is 1.81. The topological polar surface area (TPSA) is 101 Å². The highest BCUT2D eigenvalue weighted by atomic mass is 32.2. The third kappa shape index (κ3) is 2.66. The fraction of sp³-hybridized carbons (Fsp3) is 0.529. The number of Topliss-reactive ketones (excluding diaryl/α,β-unsaturated/α-hetero) is 1. The van der Waals surface area contributed by atoms with Crippen molar-refractivity contribution in [1.82, 2.24) is 0 Å². The molecular weight excluding hydrogens is 408 g/mol. The summed E-state index contributed by atoms with van der Waals surface area (Å²) >= 11 is 0. The first-order valence-corrected chi connectivity index (χ1v) is 9.93. The predicted octanol–water partition coefficient (Wildman–Crippen LogP) is 2.45. The lowest BCUT2D eigenvalue weighted by Gasteiger charge is -2.53. The van der Waals surface area contributed by atoms with Crippen molar-refractivity contribution in [2.75, 3.05) is 0 Å². The summed E-state index contributed by atoms with van der Waals surface area (Å²) in [5.74, 6) is -13.0. The number of esters is 1. The second kappa shape index (κ2) is 5.99. The van der Waals surface area contributed by atoms with Crippen LogP contribution in [0.15, 0.2) is 4.90 Å². The van der Waals surface area contributed by atoms with Gasteiger partial charge in [0.1, 0.15) is 20.8 Å². The molecule has 1 aromatic carbocycles. The lowest BCUT2D eigenvalue weighted by molar-refractivity contribution is -0.167. The monoisotopic (exact) mass is 421 g/mol. The van der Waals surface area contributed by atoms with E-state index in [9.17, 15) is 40.1 Å². The Hall–Kier alpha value is -2.01. The molecule has 0 aliphatic heterocycles. The Bertz CT molecular complexity index is 974. The second-order valence-corrected chi connectivity index (χ2v) is 9.10. The van der Waals surface area contributed by atoms with Crippen molar-refractivity contribution in [3.63, 3.8) is 0 Å². The molecule has 5 rings (SSSR count). The zero-order chi connectivity index (χ0) is 20.6. The van der Waals surface area contributed by atoms with Crippen molar-refractivity contribution in [1.29, 1.82) is 0 Å². The van der Waals surface area contributed by atoms with Crippen LogP contribution < -0.4 is 4.74 Å². The average molecular weight is 421 g/mol. The van der Waals surface area contributed by atoms with E-state index in [1.54, 1.807) is 0 Å². The Morgan fingerprint density at radius 1 is 0.964 bits per heavy atom. The van der Waals surface area contributed by atoms with E-state index < -0.39 is 55.4 Å². The van der Waals surface area contributed by atoms with Crippen LogP contribution in [0.4, 0.5) is 17.6 Å². The molecule has 11 heteroatoms. The van der Waals surface area contributed by atoms with Crippen LogP contribution in [0.25, 0.3) is 0 Å². The van der Waals surface area contributed by atoms with E-state index in [2.05, 4.69) is 4.74 Å². The van der Waals surface area contributed by atoms with Crippen molar-refractivity contribution < 1.29 is 44.9 Å². The van der Waals surface area contributed by atoms with Gasteiger partial charge in [0.05, 0.1) is 5.41 Å². The second-order valence-electron chi connectivity index (χ2n) is 7.78. The largest absolute Gasteiger partial charge is 0.744 e. The number of ketones is 1. The Morgan fingerprint density at radius 3 is 1.93 bits per heavy atom. The van der Waals surface area contributed by atoms with Gasteiger partial charge in [0.15, 0.2) is 11.6 Å². The minimum absolute atomic E-state index is 0.0406. The molecule has 2 atom stereocenters. The molecule has 0 N–H and O–H groups in total. The molecule has 4 aliphatic carbocycles. The fourth-order valence-corrected chi connectivity index (χ4v) is 5.72. The molecule has 4 fully saturated rings. The van der Waals surface area contributed by atoms with E-state index in [1.807, 2.05) is 0 Å². The van der Waals surface area contributed by atoms with E-state index in [4.69, 9.17) is 0 Å². The SMILES string of the molecule is O=C1C2CC3CC1CC(C(=O)Oc1c(F)c(F)c(S(=O)(=O)[O-])c(F)c1F)(C3)C2. The molecule has 0 aromatic heterocycles. The number of rotatable bonds is 3. The number of benzene rings is 1. The summed E-state index contributed by atoms with van der Waals surface area (Å²) in [4.78, 5) is 22.5. The quantitative estimate of drug-likeness (QED) is 0.244. The first-order valence-electron chi connectivity index (χ1n) is 8.52. The Labute approximate surface area is 156 Å². The first-order chi connectivity index (χ1) is 12.9. The Balaban J connectivity index is 1.71. The van der Waals surface area contributed by atoms with Crippen molar-refractivity contribution in [3.05, 3.63) is 23.3 Å². The number of carbonyl (C=O) groups is 2. The third-order valence-corrected chi connectivity index (χ3v) is 6.91. The minimum Gasteiger partial charge on any atom is -0.744 e. The summed E-state index contributed by atoms with van der Waals surface area (Å²) in [6, 6.07) is 0. The zero-order valence-electron chi connectivity index (χ0n) is 14.1. The van der Waals surface area contributed by atoms with Gasteiger partial charge in [-0.15, -0.1) is 0 Å². The van der Waals surface area contributed by atoms with Crippen LogP contribution in [0.3, 0.4) is 0 Å². The van der Waals surface area contributed by atoms with E-state index in [-0.39, 0.29) is 36.4 Å². The number of ether oxygens (including phenoxy) is 1. The lowest BCUT2D eigenvalue weighted by Crippen LogP contribution is -2.55.